The molecule has 3 aromatic carbocycles. The summed E-state index contributed by atoms with van der Waals surface area (Å²) >= 11 is 1.24. The van der Waals surface area contributed by atoms with Crippen molar-refractivity contribution < 1.29 is 14.0 Å². The second-order valence-corrected chi connectivity index (χ2v) is 8.38. The van der Waals surface area contributed by atoms with Gasteiger partial charge in [-0.2, -0.15) is 0 Å². The number of hydrogen-bond acceptors (Lipinski definition) is 5. The number of nitrogens with zero attached hydrogens (tertiary/aromatic N) is 3. The second-order valence-electron chi connectivity index (χ2n) is 7.44. The van der Waals surface area contributed by atoms with Gasteiger partial charge in [0.1, 0.15) is 5.82 Å². The summed E-state index contributed by atoms with van der Waals surface area (Å²) in [7, 11) is 1.76. The molecule has 0 spiro atoms. The minimum Gasteiger partial charge on any atom is -0.342 e. The highest BCUT2D eigenvalue weighted by molar-refractivity contribution is 7.99. The van der Waals surface area contributed by atoms with Gasteiger partial charge in [-0.25, -0.2) is 4.39 Å². The first-order valence-electron chi connectivity index (χ1n) is 10.3. The van der Waals surface area contributed by atoms with Gasteiger partial charge in [0.15, 0.2) is 11.0 Å². The van der Waals surface area contributed by atoms with E-state index in [0.29, 0.717) is 11.0 Å². The summed E-state index contributed by atoms with van der Waals surface area (Å²) in [5.74, 6) is -0.648. The SMILES string of the molecule is CC(NC(=O)c1ccccc1F)c1nnc(SCC(=O)Nc2cccc3ccccc23)n1C. The van der Waals surface area contributed by atoms with Crippen molar-refractivity contribution in [3.63, 3.8) is 0 Å². The fourth-order valence-corrected chi connectivity index (χ4v) is 4.18. The Morgan fingerprint density at radius 3 is 2.58 bits per heavy atom. The molecule has 0 aliphatic rings. The fraction of sp³-hybridized carbons (Fsp3) is 0.167. The molecule has 2 N–H and O–H groups in total. The Kier molecular flexibility index (Phi) is 6.69. The molecule has 33 heavy (non-hydrogen) atoms. The van der Waals surface area contributed by atoms with Crippen LogP contribution in [-0.4, -0.2) is 32.3 Å². The van der Waals surface area contributed by atoms with Crippen LogP contribution in [0.1, 0.15) is 29.1 Å². The lowest BCUT2D eigenvalue weighted by molar-refractivity contribution is -0.113. The number of anilines is 1. The number of rotatable bonds is 7. The number of thioether (sulfide) groups is 1. The van der Waals surface area contributed by atoms with E-state index in [0.717, 1.165) is 16.5 Å². The monoisotopic (exact) mass is 463 g/mol. The van der Waals surface area contributed by atoms with Gasteiger partial charge in [0.05, 0.1) is 17.4 Å². The zero-order valence-electron chi connectivity index (χ0n) is 18.1. The van der Waals surface area contributed by atoms with Crippen molar-refractivity contribution in [3.8, 4) is 0 Å². The zero-order chi connectivity index (χ0) is 23.4. The van der Waals surface area contributed by atoms with E-state index in [-0.39, 0.29) is 17.2 Å². The molecule has 0 bridgehead atoms. The minimum absolute atomic E-state index is 0.0359. The predicted octanol–water partition coefficient (Wildman–Crippen LogP) is 4.33. The molecule has 2 amide bonds. The van der Waals surface area contributed by atoms with Crippen LogP contribution in [-0.2, 0) is 11.8 Å². The summed E-state index contributed by atoms with van der Waals surface area (Å²) < 4.78 is 15.6. The maximum atomic E-state index is 13.9. The average molecular weight is 464 g/mol. The van der Waals surface area contributed by atoms with Crippen molar-refractivity contribution in [2.24, 2.45) is 7.05 Å². The molecule has 0 saturated carbocycles. The lowest BCUT2D eigenvalue weighted by Crippen LogP contribution is -2.29. The first-order chi connectivity index (χ1) is 15.9. The molecular weight excluding hydrogens is 441 g/mol. The molecule has 1 aromatic heterocycles. The number of amides is 2. The number of fused-ring (bicyclic) bond motifs is 1. The summed E-state index contributed by atoms with van der Waals surface area (Å²) in [5, 5.41) is 16.5. The zero-order valence-corrected chi connectivity index (χ0v) is 18.9. The number of carbonyl (C=O) groups excluding carboxylic acids is 2. The molecule has 0 aliphatic heterocycles. The Morgan fingerprint density at radius 2 is 1.76 bits per heavy atom. The summed E-state index contributed by atoms with van der Waals surface area (Å²) in [4.78, 5) is 24.9. The fourth-order valence-electron chi connectivity index (χ4n) is 3.46. The molecule has 9 heteroatoms. The lowest BCUT2D eigenvalue weighted by Gasteiger charge is -2.14. The maximum absolute atomic E-state index is 13.9. The Bertz CT molecular complexity index is 1320. The molecule has 0 saturated heterocycles. The van der Waals surface area contributed by atoms with Gasteiger partial charge in [-0.3, -0.25) is 9.59 Å². The van der Waals surface area contributed by atoms with Crippen molar-refractivity contribution in [2.45, 2.75) is 18.1 Å². The smallest absolute Gasteiger partial charge is 0.254 e. The van der Waals surface area contributed by atoms with Crippen LogP contribution < -0.4 is 10.6 Å². The van der Waals surface area contributed by atoms with Gasteiger partial charge in [-0.15, -0.1) is 10.2 Å². The number of hydrogen-bond donors (Lipinski definition) is 2. The highest BCUT2D eigenvalue weighted by atomic mass is 32.2. The van der Waals surface area contributed by atoms with E-state index in [1.165, 1.54) is 30.0 Å². The van der Waals surface area contributed by atoms with Crippen LogP contribution in [0.5, 0.6) is 0 Å². The van der Waals surface area contributed by atoms with Crippen LogP contribution in [0.4, 0.5) is 10.1 Å². The third-order valence-corrected chi connectivity index (χ3v) is 6.14. The molecule has 0 radical (unpaired) electrons. The van der Waals surface area contributed by atoms with Gasteiger partial charge >= 0.3 is 0 Å². The topological polar surface area (TPSA) is 88.9 Å². The van der Waals surface area contributed by atoms with Crippen molar-refractivity contribution >= 4 is 40.0 Å². The Morgan fingerprint density at radius 1 is 1.03 bits per heavy atom. The Hall–Kier alpha value is -3.72. The van der Waals surface area contributed by atoms with Crippen LogP contribution in [0.15, 0.2) is 71.9 Å². The van der Waals surface area contributed by atoms with Gasteiger partial charge < -0.3 is 15.2 Å². The molecule has 168 valence electrons. The number of nitrogens with one attached hydrogen (secondary N) is 2. The standard InChI is InChI=1S/C24H22FN5O2S/c1-15(26-23(32)18-11-5-6-12-19(18)25)22-28-29-24(30(22)2)33-14-21(31)27-20-13-7-9-16-8-3-4-10-17(16)20/h3-13,15H,14H2,1-2H3,(H,26,32)(H,27,31). The van der Waals surface area contributed by atoms with E-state index >= 15 is 0 Å². The predicted molar refractivity (Wildman–Crippen MR) is 127 cm³/mol. The number of halogens is 1. The van der Waals surface area contributed by atoms with Crippen molar-refractivity contribution in [2.75, 3.05) is 11.1 Å². The lowest BCUT2D eigenvalue weighted by atomic mass is 10.1. The van der Waals surface area contributed by atoms with Gasteiger partial charge in [-0.1, -0.05) is 60.3 Å². The second kappa shape index (κ2) is 9.83. The number of aromatic nitrogens is 3. The molecule has 4 aromatic rings. The van der Waals surface area contributed by atoms with Gasteiger partial charge in [0, 0.05) is 18.1 Å². The van der Waals surface area contributed by atoms with E-state index in [2.05, 4.69) is 20.8 Å². The molecule has 1 atom stereocenters. The van der Waals surface area contributed by atoms with E-state index in [4.69, 9.17) is 0 Å². The normalized spacial score (nSPS) is 11.8. The molecule has 0 fully saturated rings. The number of benzene rings is 3. The average Bonchev–Trinajstić information content (AvgIpc) is 3.18. The summed E-state index contributed by atoms with van der Waals surface area (Å²) in [6.45, 7) is 1.74. The van der Waals surface area contributed by atoms with E-state index in [1.54, 1.807) is 24.6 Å². The Balaban J connectivity index is 1.38. The molecule has 0 aliphatic carbocycles. The highest BCUT2D eigenvalue weighted by Gasteiger charge is 2.20. The van der Waals surface area contributed by atoms with Gasteiger partial charge in [0.2, 0.25) is 5.91 Å². The molecular formula is C24H22FN5O2S. The molecule has 7 nitrogen and oxygen atoms in total. The van der Waals surface area contributed by atoms with Crippen LogP contribution in [0.2, 0.25) is 0 Å². The third kappa shape index (κ3) is 5.04. The summed E-state index contributed by atoms with van der Waals surface area (Å²) in [5.41, 5.74) is 0.716. The van der Waals surface area contributed by atoms with Gasteiger partial charge in [0.25, 0.3) is 5.91 Å². The van der Waals surface area contributed by atoms with Crippen molar-refractivity contribution in [1.29, 1.82) is 0 Å². The number of carbonyl (C=O) groups is 2. The van der Waals surface area contributed by atoms with Gasteiger partial charge in [-0.05, 0) is 30.5 Å². The largest absolute Gasteiger partial charge is 0.342 e. The van der Waals surface area contributed by atoms with Crippen LogP contribution in [0.3, 0.4) is 0 Å². The van der Waals surface area contributed by atoms with Crippen molar-refractivity contribution in [3.05, 3.63) is 83.9 Å². The first-order valence-corrected chi connectivity index (χ1v) is 11.3. The van der Waals surface area contributed by atoms with Crippen molar-refractivity contribution in [1.82, 2.24) is 20.1 Å². The van der Waals surface area contributed by atoms with E-state index in [9.17, 15) is 14.0 Å². The Labute approximate surface area is 194 Å². The van der Waals surface area contributed by atoms with Crippen LogP contribution in [0.25, 0.3) is 10.8 Å². The molecule has 1 unspecified atom stereocenters. The van der Waals surface area contributed by atoms with Crippen LogP contribution in [0, 0.1) is 5.82 Å². The summed E-state index contributed by atoms with van der Waals surface area (Å²) in [6.07, 6.45) is 0. The minimum atomic E-state index is -0.589. The molecule has 1 heterocycles. The highest BCUT2D eigenvalue weighted by Crippen LogP contribution is 2.24. The van der Waals surface area contributed by atoms with Crippen LogP contribution >= 0.6 is 11.8 Å². The maximum Gasteiger partial charge on any atom is 0.254 e. The first kappa shape index (κ1) is 22.5. The summed E-state index contributed by atoms with van der Waals surface area (Å²) in [6, 6.07) is 18.9. The molecule has 4 rings (SSSR count). The quantitative estimate of drug-likeness (QED) is 0.398. The van der Waals surface area contributed by atoms with E-state index < -0.39 is 17.8 Å². The third-order valence-electron chi connectivity index (χ3n) is 5.12. The van der Waals surface area contributed by atoms with E-state index in [1.807, 2.05) is 42.5 Å².